The van der Waals surface area contributed by atoms with Crippen molar-refractivity contribution < 1.29 is 58.8 Å². The first-order valence-corrected chi connectivity index (χ1v) is 24.9. The minimum atomic E-state index is -0.834. The number of carbonyl (C=O) groups is 8. The van der Waals surface area contributed by atoms with Crippen LogP contribution in [-0.4, -0.2) is 89.7 Å². The highest BCUT2D eigenvalue weighted by molar-refractivity contribution is 8.00. The summed E-state index contributed by atoms with van der Waals surface area (Å²) < 4.78 is 0. The Kier molecular flexibility index (Phi) is 22.3. The van der Waals surface area contributed by atoms with Crippen molar-refractivity contribution in [2.75, 3.05) is 11.5 Å². The van der Waals surface area contributed by atoms with Gasteiger partial charge in [0.15, 0.2) is 0 Å². The predicted octanol–water partition coefficient (Wildman–Crippen LogP) is 4.25. The summed E-state index contributed by atoms with van der Waals surface area (Å²) in [6, 6.07) is 17.9. The van der Waals surface area contributed by atoms with E-state index in [1.165, 1.54) is 48.5 Å². The monoisotopic (exact) mass is 1020 g/mol. The third-order valence-electron chi connectivity index (χ3n) is 10.7. The summed E-state index contributed by atoms with van der Waals surface area (Å²) >= 11 is 2.23. The van der Waals surface area contributed by atoms with Crippen molar-refractivity contribution in [2.24, 2.45) is 0 Å². The molecule has 0 aliphatic heterocycles. The fourth-order valence-electron chi connectivity index (χ4n) is 6.72. The van der Waals surface area contributed by atoms with E-state index in [1.54, 1.807) is 38.1 Å². The van der Waals surface area contributed by atoms with Gasteiger partial charge in [0, 0.05) is 24.3 Å². The van der Waals surface area contributed by atoms with Crippen LogP contribution in [-0.2, 0) is 38.4 Å². The Labute approximate surface area is 419 Å². The highest BCUT2D eigenvalue weighted by Gasteiger charge is 2.22. The van der Waals surface area contributed by atoms with Gasteiger partial charge in [0.25, 0.3) is 35.4 Å². The van der Waals surface area contributed by atoms with Gasteiger partial charge in [-0.1, -0.05) is 63.1 Å². The summed E-state index contributed by atoms with van der Waals surface area (Å²) in [7, 11) is 0. The maximum Gasteiger partial charge on any atom is 0.273 e. The van der Waals surface area contributed by atoms with Gasteiger partial charge >= 0.3 is 0 Å². The van der Waals surface area contributed by atoms with Crippen LogP contribution in [0.4, 0.5) is 0 Å². The van der Waals surface area contributed by atoms with E-state index < -0.39 is 57.8 Å². The molecule has 0 aromatic heterocycles. The number of phenols is 4. The van der Waals surface area contributed by atoms with E-state index in [0.29, 0.717) is 35.1 Å². The molecule has 0 saturated carbocycles. The van der Waals surface area contributed by atoms with Crippen LogP contribution in [0.2, 0.25) is 0 Å². The second-order valence-electron chi connectivity index (χ2n) is 16.1. The molecule has 380 valence electrons. The van der Waals surface area contributed by atoms with Gasteiger partial charge in [-0.15, -0.1) is 23.5 Å². The Hall–Kier alpha value is -7.46. The summed E-state index contributed by atoms with van der Waals surface area (Å²) in [6.45, 7) is 7.17. The van der Waals surface area contributed by atoms with Gasteiger partial charge in [-0.3, -0.25) is 81.8 Å². The van der Waals surface area contributed by atoms with Gasteiger partial charge in [0.2, 0.25) is 11.8 Å². The zero-order valence-corrected chi connectivity index (χ0v) is 41.4. The van der Waals surface area contributed by atoms with E-state index in [2.05, 4.69) is 43.4 Å². The number of benzene rings is 4. The van der Waals surface area contributed by atoms with Crippen molar-refractivity contribution >= 4 is 70.8 Å². The molecule has 0 bridgehead atoms. The third kappa shape index (κ3) is 17.5. The molecule has 0 aliphatic rings. The molecule has 22 heteroatoms. The number of unbranched alkanes of at least 4 members (excludes halogenated alkanes) is 2. The zero-order valence-electron chi connectivity index (χ0n) is 39.7. The van der Waals surface area contributed by atoms with Crippen molar-refractivity contribution in [1.82, 2.24) is 43.4 Å². The molecule has 4 aromatic rings. The van der Waals surface area contributed by atoms with Crippen LogP contribution in [0, 0.1) is 0 Å². The van der Waals surface area contributed by atoms with E-state index in [1.807, 2.05) is 13.8 Å². The molecular weight excluding hydrogens is 957 g/mol. The third-order valence-corrected chi connectivity index (χ3v) is 13.0. The number of hydrogen-bond acceptors (Lipinski definition) is 14. The van der Waals surface area contributed by atoms with Crippen molar-refractivity contribution in [2.45, 2.75) is 96.0 Å². The average Bonchev–Trinajstić information content (AvgIpc) is 3.35. The van der Waals surface area contributed by atoms with Crippen LogP contribution in [0.15, 0.2) is 72.8 Å². The van der Waals surface area contributed by atoms with Crippen LogP contribution in [0.1, 0.15) is 130 Å². The lowest BCUT2D eigenvalue weighted by atomic mass is 10.00. The second-order valence-corrected chi connectivity index (χ2v) is 19.0. The Morgan fingerprint density at radius 1 is 0.479 bits per heavy atom. The quantitative estimate of drug-likeness (QED) is 0.0490. The lowest BCUT2D eigenvalue weighted by Gasteiger charge is -2.15. The normalized spacial score (nSPS) is 11.5. The van der Waals surface area contributed by atoms with Gasteiger partial charge in [-0.05, 0) is 105 Å². The minimum absolute atomic E-state index is 0.0797. The van der Waals surface area contributed by atoms with Gasteiger partial charge in [-0.2, -0.15) is 0 Å². The minimum Gasteiger partial charge on any atom is -0.507 e. The lowest BCUT2D eigenvalue weighted by molar-refractivity contribution is -0.122. The van der Waals surface area contributed by atoms with Gasteiger partial charge in [-0.25, -0.2) is 0 Å². The fraction of sp³-hybridized carbons (Fsp3) is 0.347. The molecule has 0 heterocycles. The first-order valence-electron chi connectivity index (χ1n) is 22.8. The molecule has 0 radical (unpaired) electrons. The van der Waals surface area contributed by atoms with E-state index in [4.69, 9.17) is 0 Å². The molecule has 2 unspecified atom stereocenters. The van der Waals surface area contributed by atoms with Crippen LogP contribution in [0.5, 0.6) is 23.0 Å². The summed E-state index contributed by atoms with van der Waals surface area (Å²) in [4.78, 5) is 102. The van der Waals surface area contributed by atoms with Crippen molar-refractivity contribution in [1.29, 1.82) is 0 Å². The van der Waals surface area contributed by atoms with E-state index >= 15 is 0 Å². The maximum atomic E-state index is 13.0. The lowest BCUT2D eigenvalue weighted by Crippen LogP contribution is -2.45. The number of phenolic OH excluding ortho intramolecular Hbond substituents is 4. The van der Waals surface area contributed by atoms with Gasteiger partial charge < -0.3 is 20.4 Å². The van der Waals surface area contributed by atoms with Crippen LogP contribution in [0.3, 0.4) is 0 Å². The topological polar surface area (TPSA) is 314 Å². The molecule has 0 saturated heterocycles. The molecule has 2 atom stereocenters. The Bertz CT molecular complexity index is 2410. The number of amides is 8. The Morgan fingerprint density at radius 2 is 0.859 bits per heavy atom. The SMILES string of the molecule is CCCCc1cccc(O)c1C(=O)NNC(=O)C(C)SCCC(=O)NNC(=O)c1cc(Cc2ccc(O)c(C(=O)NNC(=O)CCSC(C)C(=O)NNC(=O)c3c(O)cccc3CCCC)c2)ccc1O. The largest absolute Gasteiger partial charge is 0.507 e. The molecular formula is C49H60N8O12S2. The molecule has 4 rings (SSSR count). The molecule has 0 aliphatic carbocycles. The van der Waals surface area contributed by atoms with Gasteiger partial charge in [0.1, 0.15) is 23.0 Å². The van der Waals surface area contributed by atoms with E-state index in [0.717, 1.165) is 49.2 Å². The van der Waals surface area contributed by atoms with Crippen LogP contribution >= 0.6 is 23.5 Å². The standard InChI is InChI=1S/C49H60N8O12S2/c1-5-7-11-32-13-9-15-38(60)42(32)48(68)56-52-44(64)28(3)70-23-21-40(62)50-54-46(66)34-26-30(17-19-36(34)58)25-31-18-20-37(59)35(27-31)47(67)55-51-41(63)22-24-71-29(4)45(65)53-57-49(69)43-33(12-8-6-2)14-10-16-39(43)61/h9-10,13-20,26-29,58-61H,5-8,11-12,21-25H2,1-4H3,(H,50,62)(H,51,63)(H,52,64)(H,53,65)(H,54,66)(H,55,67)(H,56,68)(H,57,69). The molecule has 8 amide bonds. The average molecular weight is 1020 g/mol. The predicted molar refractivity (Wildman–Crippen MR) is 268 cm³/mol. The summed E-state index contributed by atoms with van der Waals surface area (Å²) in [6.07, 6.45) is 4.47. The number of rotatable bonds is 22. The number of hydrazine groups is 4. The van der Waals surface area contributed by atoms with E-state index in [9.17, 15) is 58.8 Å². The molecule has 0 spiro atoms. The molecule has 12 N–H and O–H groups in total. The zero-order chi connectivity index (χ0) is 52.0. The number of aromatic hydroxyl groups is 4. The summed E-state index contributed by atoms with van der Waals surface area (Å²) in [5.41, 5.74) is 20.5. The number of aryl methyl sites for hydroxylation is 2. The van der Waals surface area contributed by atoms with E-state index in [-0.39, 0.29) is 76.0 Å². The Morgan fingerprint density at radius 3 is 1.24 bits per heavy atom. The highest BCUT2D eigenvalue weighted by Crippen LogP contribution is 2.26. The summed E-state index contributed by atoms with van der Waals surface area (Å²) in [5.74, 6) is -6.10. The van der Waals surface area contributed by atoms with Crippen molar-refractivity contribution in [3.8, 4) is 23.0 Å². The molecule has 4 aromatic carbocycles. The first kappa shape index (κ1) is 56.1. The van der Waals surface area contributed by atoms with Crippen molar-refractivity contribution in [3.05, 3.63) is 117 Å². The highest BCUT2D eigenvalue weighted by atomic mass is 32.2. The molecule has 71 heavy (non-hydrogen) atoms. The summed E-state index contributed by atoms with van der Waals surface area (Å²) in [5, 5.41) is 40.1. The number of thioether (sulfide) groups is 2. The molecule has 0 fully saturated rings. The van der Waals surface area contributed by atoms with Crippen LogP contribution in [0.25, 0.3) is 0 Å². The second kappa shape index (κ2) is 28.3. The number of hydrogen-bond donors (Lipinski definition) is 12. The van der Waals surface area contributed by atoms with Gasteiger partial charge in [0.05, 0.1) is 32.8 Å². The molecule has 20 nitrogen and oxygen atoms in total. The fourth-order valence-corrected chi connectivity index (χ4v) is 8.45. The Balaban J connectivity index is 1.18. The smallest absolute Gasteiger partial charge is 0.273 e. The first-order chi connectivity index (χ1) is 33.9. The number of carbonyl (C=O) groups excluding carboxylic acids is 8. The van der Waals surface area contributed by atoms with Crippen LogP contribution < -0.4 is 43.4 Å². The number of nitrogens with one attached hydrogen (secondary N) is 8. The van der Waals surface area contributed by atoms with Crippen molar-refractivity contribution in [3.63, 3.8) is 0 Å². The maximum absolute atomic E-state index is 13.0.